The predicted molar refractivity (Wildman–Crippen MR) is 52.7 cm³/mol. The van der Waals surface area contributed by atoms with Crippen LogP contribution in [-0.4, -0.2) is 30.8 Å². The minimum Gasteiger partial charge on any atom is -0.495 e. The number of hydrogen-bond donors (Lipinski definition) is 1. The third-order valence-electron chi connectivity index (χ3n) is 2.29. The van der Waals surface area contributed by atoms with Crippen molar-refractivity contribution in [2.24, 2.45) is 0 Å². The Hall–Kier alpha value is -1.29. The molecule has 0 spiro atoms. The molecule has 0 unspecified atom stereocenters. The van der Waals surface area contributed by atoms with Crippen molar-refractivity contribution in [2.45, 2.75) is 12.5 Å². The maximum absolute atomic E-state index is 5.78. The van der Waals surface area contributed by atoms with Crippen molar-refractivity contribution < 1.29 is 9.47 Å². The van der Waals surface area contributed by atoms with E-state index in [4.69, 9.17) is 9.47 Å². The fraction of sp³-hybridized carbons (Fsp3) is 0.500. The van der Waals surface area contributed by atoms with Crippen molar-refractivity contribution >= 4 is 0 Å². The monoisotopic (exact) mass is 194 g/mol. The Labute approximate surface area is 83.2 Å². The zero-order chi connectivity index (χ0) is 10.0. The summed E-state index contributed by atoms with van der Waals surface area (Å²) in [6, 6.07) is 1.84. The molecule has 0 atom stereocenters. The number of hydrogen-bond acceptors (Lipinski definition) is 4. The van der Waals surface area contributed by atoms with E-state index in [1.165, 1.54) is 0 Å². The molecule has 1 aromatic heterocycles. The number of pyridine rings is 1. The lowest BCUT2D eigenvalue weighted by Gasteiger charge is -2.39. The molecule has 14 heavy (non-hydrogen) atoms. The van der Waals surface area contributed by atoms with Crippen LogP contribution < -0.4 is 14.8 Å². The average molecular weight is 194 g/mol. The maximum atomic E-state index is 5.78. The van der Waals surface area contributed by atoms with E-state index in [1.54, 1.807) is 19.5 Å². The number of rotatable bonds is 3. The summed E-state index contributed by atoms with van der Waals surface area (Å²) in [6.07, 6.45) is 3.36. The molecule has 0 aliphatic carbocycles. The van der Waals surface area contributed by atoms with Gasteiger partial charge in [0, 0.05) is 19.2 Å². The highest BCUT2D eigenvalue weighted by molar-refractivity contribution is 5.29. The van der Waals surface area contributed by atoms with Crippen LogP contribution in [-0.2, 0) is 0 Å². The minimum absolute atomic E-state index is 0.0892. The minimum atomic E-state index is -0.0892. The molecule has 1 aliphatic rings. The fourth-order valence-electron chi connectivity index (χ4n) is 1.40. The summed E-state index contributed by atoms with van der Waals surface area (Å²) in [5.74, 6) is 1.48. The highest BCUT2D eigenvalue weighted by atomic mass is 16.5. The number of nitrogens with one attached hydrogen (secondary N) is 1. The second kappa shape index (κ2) is 3.46. The quantitative estimate of drug-likeness (QED) is 0.774. The highest BCUT2D eigenvalue weighted by Crippen LogP contribution is 2.23. The Morgan fingerprint density at radius 2 is 2.07 bits per heavy atom. The van der Waals surface area contributed by atoms with Crippen LogP contribution in [0.5, 0.6) is 11.5 Å². The standard InChI is InChI=1S/C10H14N2O2/c1-10(6-12-7-10)14-9-3-8(13-2)4-11-5-9/h3-5,12H,6-7H2,1-2H3. The van der Waals surface area contributed by atoms with Gasteiger partial charge in [0.25, 0.3) is 0 Å². The van der Waals surface area contributed by atoms with Gasteiger partial charge in [-0.15, -0.1) is 0 Å². The van der Waals surface area contributed by atoms with Gasteiger partial charge in [-0.05, 0) is 6.92 Å². The number of ether oxygens (including phenoxy) is 2. The Morgan fingerprint density at radius 3 is 2.64 bits per heavy atom. The molecule has 1 N–H and O–H groups in total. The average Bonchev–Trinajstić information content (AvgIpc) is 2.16. The molecule has 76 valence electrons. The molecule has 2 rings (SSSR count). The number of methoxy groups -OCH3 is 1. The van der Waals surface area contributed by atoms with E-state index in [0.717, 1.165) is 24.6 Å². The van der Waals surface area contributed by atoms with Crippen molar-refractivity contribution in [3.63, 3.8) is 0 Å². The number of aromatic nitrogens is 1. The third-order valence-corrected chi connectivity index (χ3v) is 2.29. The lowest BCUT2D eigenvalue weighted by molar-refractivity contribution is 0.0343. The first kappa shape index (κ1) is 9.27. The lowest BCUT2D eigenvalue weighted by atomic mass is 10.0. The first-order chi connectivity index (χ1) is 6.72. The van der Waals surface area contributed by atoms with Gasteiger partial charge < -0.3 is 14.8 Å². The normalized spacial score (nSPS) is 18.4. The van der Waals surface area contributed by atoms with Gasteiger partial charge in [0.1, 0.15) is 17.1 Å². The van der Waals surface area contributed by atoms with Gasteiger partial charge in [-0.25, -0.2) is 0 Å². The molecule has 2 heterocycles. The van der Waals surface area contributed by atoms with Crippen molar-refractivity contribution in [1.82, 2.24) is 10.3 Å². The van der Waals surface area contributed by atoms with Crippen LogP contribution in [0.4, 0.5) is 0 Å². The van der Waals surface area contributed by atoms with Crippen molar-refractivity contribution in [3.05, 3.63) is 18.5 Å². The van der Waals surface area contributed by atoms with Gasteiger partial charge in [0.2, 0.25) is 0 Å². The molecule has 1 saturated heterocycles. The van der Waals surface area contributed by atoms with Gasteiger partial charge in [-0.2, -0.15) is 0 Å². The van der Waals surface area contributed by atoms with E-state index in [9.17, 15) is 0 Å². The maximum Gasteiger partial charge on any atom is 0.142 e. The fourth-order valence-corrected chi connectivity index (χ4v) is 1.40. The Balaban J connectivity index is 2.08. The topological polar surface area (TPSA) is 43.4 Å². The van der Waals surface area contributed by atoms with Crippen LogP contribution in [0.15, 0.2) is 18.5 Å². The molecule has 0 radical (unpaired) electrons. The molecule has 0 amide bonds. The zero-order valence-electron chi connectivity index (χ0n) is 8.41. The van der Waals surface area contributed by atoms with E-state index in [1.807, 2.05) is 6.07 Å². The second-order valence-corrected chi connectivity index (χ2v) is 3.72. The molecule has 0 aromatic carbocycles. The Morgan fingerprint density at radius 1 is 1.36 bits per heavy atom. The van der Waals surface area contributed by atoms with Crippen molar-refractivity contribution in [1.29, 1.82) is 0 Å². The summed E-state index contributed by atoms with van der Waals surface area (Å²) in [5.41, 5.74) is -0.0892. The van der Waals surface area contributed by atoms with Crippen LogP contribution >= 0.6 is 0 Å². The van der Waals surface area contributed by atoms with E-state index in [0.29, 0.717) is 0 Å². The van der Waals surface area contributed by atoms with Gasteiger partial charge in [0.05, 0.1) is 19.5 Å². The van der Waals surface area contributed by atoms with Gasteiger partial charge in [-0.1, -0.05) is 0 Å². The zero-order valence-corrected chi connectivity index (χ0v) is 8.41. The first-order valence-electron chi connectivity index (χ1n) is 4.61. The van der Waals surface area contributed by atoms with Crippen LogP contribution in [0.2, 0.25) is 0 Å². The molecule has 0 saturated carbocycles. The van der Waals surface area contributed by atoms with Gasteiger partial charge in [0.15, 0.2) is 0 Å². The van der Waals surface area contributed by atoms with E-state index in [2.05, 4.69) is 17.2 Å². The summed E-state index contributed by atoms with van der Waals surface area (Å²) in [6.45, 7) is 3.83. The summed E-state index contributed by atoms with van der Waals surface area (Å²) in [7, 11) is 1.62. The largest absolute Gasteiger partial charge is 0.495 e. The molecular formula is C10H14N2O2. The predicted octanol–water partition coefficient (Wildman–Crippen LogP) is 0.831. The second-order valence-electron chi connectivity index (χ2n) is 3.72. The van der Waals surface area contributed by atoms with Crippen molar-refractivity contribution in [2.75, 3.05) is 20.2 Å². The van der Waals surface area contributed by atoms with Gasteiger partial charge in [-0.3, -0.25) is 4.98 Å². The van der Waals surface area contributed by atoms with Crippen LogP contribution in [0.3, 0.4) is 0 Å². The third kappa shape index (κ3) is 1.80. The summed E-state index contributed by atoms with van der Waals surface area (Å²) >= 11 is 0. The van der Waals surface area contributed by atoms with Gasteiger partial charge >= 0.3 is 0 Å². The Kier molecular flexibility index (Phi) is 2.29. The van der Waals surface area contributed by atoms with Crippen LogP contribution in [0.1, 0.15) is 6.92 Å². The molecule has 1 fully saturated rings. The summed E-state index contributed by atoms with van der Waals surface area (Å²) in [4.78, 5) is 4.03. The molecule has 4 nitrogen and oxygen atoms in total. The van der Waals surface area contributed by atoms with Crippen LogP contribution in [0, 0.1) is 0 Å². The SMILES string of the molecule is COc1cncc(OC2(C)CNC2)c1. The smallest absolute Gasteiger partial charge is 0.142 e. The summed E-state index contributed by atoms with van der Waals surface area (Å²) in [5, 5.41) is 3.17. The molecule has 1 aliphatic heterocycles. The number of nitrogens with zero attached hydrogens (tertiary/aromatic N) is 1. The molecule has 0 bridgehead atoms. The highest BCUT2D eigenvalue weighted by Gasteiger charge is 2.33. The summed E-state index contributed by atoms with van der Waals surface area (Å²) < 4.78 is 10.8. The van der Waals surface area contributed by atoms with E-state index < -0.39 is 0 Å². The van der Waals surface area contributed by atoms with Crippen LogP contribution in [0.25, 0.3) is 0 Å². The molecule has 4 heteroatoms. The van der Waals surface area contributed by atoms with Crippen molar-refractivity contribution in [3.8, 4) is 11.5 Å². The molecule has 1 aromatic rings. The lowest BCUT2D eigenvalue weighted by Crippen LogP contribution is -2.61. The Bertz CT molecular complexity index is 324. The van der Waals surface area contributed by atoms with E-state index >= 15 is 0 Å². The van der Waals surface area contributed by atoms with E-state index in [-0.39, 0.29) is 5.60 Å². The first-order valence-corrected chi connectivity index (χ1v) is 4.61. The molecular weight excluding hydrogens is 180 g/mol.